The van der Waals surface area contributed by atoms with Crippen molar-refractivity contribution in [1.29, 1.82) is 0 Å². The molecular weight excluding hydrogens is 306 g/mol. The van der Waals surface area contributed by atoms with Gasteiger partial charge >= 0.3 is 0 Å². The molecule has 104 valence electrons. The van der Waals surface area contributed by atoms with Crippen LogP contribution in [-0.4, -0.2) is 41.1 Å². The van der Waals surface area contributed by atoms with Crippen LogP contribution >= 0.6 is 15.9 Å². The first kappa shape index (κ1) is 13.3. The van der Waals surface area contributed by atoms with E-state index in [1.165, 1.54) is 6.42 Å². The van der Waals surface area contributed by atoms with Crippen LogP contribution in [0.4, 0.5) is 0 Å². The van der Waals surface area contributed by atoms with Crippen molar-refractivity contribution in [2.24, 2.45) is 17.8 Å². The summed E-state index contributed by atoms with van der Waals surface area (Å²) in [4.78, 5) is 14.8. The molecule has 0 aliphatic heterocycles. The van der Waals surface area contributed by atoms with Crippen LogP contribution < -0.4 is 0 Å². The van der Waals surface area contributed by atoms with Crippen molar-refractivity contribution >= 4 is 21.7 Å². The Morgan fingerprint density at radius 2 is 2.11 bits per heavy atom. The Labute approximate surface area is 122 Å². The second-order valence-electron chi connectivity index (χ2n) is 6.16. The van der Waals surface area contributed by atoms with E-state index < -0.39 is 0 Å². The molecule has 1 aromatic heterocycles. The van der Waals surface area contributed by atoms with Gasteiger partial charge in [0.05, 0.1) is 17.2 Å². The second kappa shape index (κ2) is 5.02. The third-order valence-corrected chi connectivity index (χ3v) is 4.98. The van der Waals surface area contributed by atoms with Gasteiger partial charge in [0.2, 0.25) is 0 Å². The number of ketones is 1. The topological polar surface area (TPSA) is 38.1 Å². The van der Waals surface area contributed by atoms with Gasteiger partial charge in [-0.1, -0.05) is 0 Å². The number of carbonyl (C=O) groups excluding carboxylic acids is 1. The summed E-state index contributed by atoms with van der Waals surface area (Å²) in [5.74, 6) is 2.20. The fourth-order valence-electron chi connectivity index (χ4n) is 3.19. The minimum absolute atomic E-state index is 0.231. The number of hydrogen-bond acceptors (Lipinski definition) is 3. The van der Waals surface area contributed by atoms with Crippen molar-refractivity contribution in [3.8, 4) is 0 Å². The highest BCUT2D eigenvalue weighted by molar-refractivity contribution is 9.10. The molecule has 2 saturated carbocycles. The van der Waals surface area contributed by atoms with Gasteiger partial charge in [-0.25, -0.2) is 0 Å². The monoisotopic (exact) mass is 325 g/mol. The lowest BCUT2D eigenvalue weighted by atomic mass is 9.96. The summed E-state index contributed by atoms with van der Waals surface area (Å²) in [7, 11) is 4.06. The predicted octanol–water partition coefficient (Wildman–Crippen LogP) is 2.44. The Balaban J connectivity index is 1.75. The molecule has 0 saturated heterocycles. The van der Waals surface area contributed by atoms with Crippen LogP contribution in [0.1, 0.15) is 29.8 Å². The SMILES string of the molecule is CN(C)CCn1ncc(Br)c1C(=O)C1CC2CC2C1. The van der Waals surface area contributed by atoms with E-state index in [1.807, 2.05) is 18.8 Å². The van der Waals surface area contributed by atoms with E-state index in [0.717, 1.165) is 47.9 Å². The highest BCUT2D eigenvalue weighted by Crippen LogP contribution is 2.55. The average Bonchev–Trinajstić information content (AvgIpc) is 2.82. The minimum Gasteiger partial charge on any atom is -0.308 e. The lowest BCUT2D eigenvalue weighted by Gasteiger charge is -2.14. The summed E-state index contributed by atoms with van der Waals surface area (Å²) in [6, 6.07) is 0. The third kappa shape index (κ3) is 2.63. The fourth-order valence-corrected chi connectivity index (χ4v) is 3.69. The molecule has 5 heteroatoms. The van der Waals surface area contributed by atoms with Gasteiger partial charge < -0.3 is 4.90 Å². The molecule has 19 heavy (non-hydrogen) atoms. The molecule has 2 unspecified atom stereocenters. The van der Waals surface area contributed by atoms with E-state index in [4.69, 9.17) is 0 Å². The number of nitrogens with zero attached hydrogens (tertiary/aromatic N) is 3. The van der Waals surface area contributed by atoms with Crippen molar-refractivity contribution in [3.05, 3.63) is 16.4 Å². The predicted molar refractivity (Wildman–Crippen MR) is 77.1 cm³/mol. The number of Topliss-reactive ketones (excluding diaryl/α,β-unsaturated/α-hetero) is 1. The van der Waals surface area contributed by atoms with Gasteiger partial charge in [-0.15, -0.1) is 0 Å². The number of hydrogen-bond donors (Lipinski definition) is 0. The van der Waals surface area contributed by atoms with Crippen LogP contribution in [0.25, 0.3) is 0 Å². The van der Waals surface area contributed by atoms with Crippen LogP contribution in [0.15, 0.2) is 10.7 Å². The molecule has 2 aliphatic carbocycles. The molecule has 0 aromatic carbocycles. The summed E-state index contributed by atoms with van der Waals surface area (Å²) in [6.07, 6.45) is 5.28. The summed E-state index contributed by atoms with van der Waals surface area (Å²) in [5.41, 5.74) is 0.771. The highest BCUT2D eigenvalue weighted by Gasteiger charge is 2.48. The van der Waals surface area contributed by atoms with Gasteiger partial charge in [0, 0.05) is 12.5 Å². The van der Waals surface area contributed by atoms with Gasteiger partial charge in [-0.2, -0.15) is 5.10 Å². The first-order valence-corrected chi connectivity index (χ1v) is 7.75. The van der Waals surface area contributed by atoms with Crippen LogP contribution in [0.5, 0.6) is 0 Å². The zero-order chi connectivity index (χ0) is 13.6. The maximum Gasteiger partial charge on any atom is 0.185 e. The molecule has 0 bridgehead atoms. The van der Waals surface area contributed by atoms with Crippen molar-refractivity contribution in [1.82, 2.24) is 14.7 Å². The Morgan fingerprint density at radius 1 is 1.42 bits per heavy atom. The Bertz CT molecular complexity index is 487. The lowest BCUT2D eigenvalue weighted by Crippen LogP contribution is -2.23. The summed E-state index contributed by atoms with van der Waals surface area (Å²) in [6.45, 7) is 1.66. The second-order valence-corrected chi connectivity index (χ2v) is 7.01. The number of aromatic nitrogens is 2. The largest absolute Gasteiger partial charge is 0.308 e. The van der Waals surface area contributed by atoms with Gasteiger partial charge in [0.15, 0.2) is 5.78 Å². The fraction of sp³-hybridized carbons (Fsp3) is 0.714. The molecule has 0 N–H and O–H groups in total. The molecular formula is C14H20BrN3O. The van der Waals surface area contributed by atoms with E-state index in [-0.39, 0.29) is 11.7 Å². The van der Waals surface area contributed by atoms with Crippen LogP contribution in [0, 0.1) is 17.8 Å². The summed E-state index contributed by atoms with van der Waals surface area (Å²) >= 11 is 3.48. The maximum atomic E-state index is 12.7. The number of likely N-dealkylation sites (N-methyl/N-ethyl adjacent to an activating group) is 1. The van der Waals surface area contributed by atoms with Crippen LogP contribution in [0.3, 0.4) is 0 Å². The van der Waals surface area contributed by atoms with Crippen molar-refractivity contribution in [2.45, 2.75) is 25.8 Å². The zero-order valence-electron chi connectivity index (χ0n) is 11.5. The Morgan fingerprint density at radius 3 is 2.74 bits per heavy atom. The van der Waals surface area contributed by atoms with Crippen molar-refractivity contribution in [3.63, 3.8) is 0 Å². The molecule has 0 spiro atoms. The minimum atomic E-state index is 0.231. The molecule has 1 aromatic rings. The molecule has 3 rings (SSSR count). The van der Waals surface area contributed by atoms with E-state index >= 15 is 0 Å². The first-order chi connectivity index (χ1) is 9.06. The Hall–Kier alpha value is -0.680. The molecule has 2 fully saturated rings. The van der Waals surface area contributed by atoms with Crippen LogP contribution in [0.2, 0.25) is 0 Å². The van der Waals surface area contributed by atoms with Crippen molar-refractivity contribution < 1.29 is 4.79 Å². The van der Waals surface area contributed by atoms with E-state index in [2.05, 4.69) is 25.9 Å². The summed E-state index contributed by atoms with van der Waals surface area (Å²) in [5, 5.41) is 4.33. The number of halogens is 1. The average molecular weight is 326 g/mol. The normalized spacial score (nSPS) is 28.7. The molecule has 2 atom stereocenters. The third-order valence-electron chi connectivity index (χ3n) is 4.40. The maximum absolute atomic E-state index is 12.7. The van der Waals surface area contributed by atoms with Gasteiger partial charge in [-0.3, -0.25) is 9.48 Å². The zero-order valence-corrected chi connectivity index (χ0v) is 13.1. The standard InChI is InChI=1S/C14H20BrN3O/c1-17(2)3-4-18-13(12(15)8-16-18)14(19)11-6-9-5-10(9)7-11/h8-11H,3-7H2,1-2H3. The van der Waals surface area contributed by atoms with Crippen LogP contribution in [-0.2, 0) is 6.54 Å². The van der Waals surface area contributed by atoms with E-state index in [9.17, 15) is 4.79 Å². The van der Waals surface area contributed by atoms with Gasteiger partial charge in [-0.05, 0) is 61.1 Å². The van der Waals surface area contributed by atoms with E-state index in [0.29, 0.717) is 0 Å². The van der Waals surface area contributed by atoms with Gasteiger partial charge in [0.1, 0.15) is 5.69 Å². The number of rotatable bonds is 5. The smallest absolute Gasteiger partial charge is 0.185 e. The molecule has 1 heterocycles. The Kier molecular flexibility index (Phi) is 3.52. The summed E-state index contributed by atoms with van der Waals surface area (Å²) < 4.78 is 2.70. The molecule has 0 radical (unpaired) electrons. The van der Waals surface area contributed by atoms with Crippen molar-refractivity contribution in [2.75, 3.05) is 20.6 Å². The number of fused-ring (bicyclic) bond motifs is 1. The number of carbonyl (C=O) groups is 1. The van der Waals surface area contributed by atoms with E-state index in [1.54, 1.807) is 6.20 Å². The van der Waals surface area contributed by atoms with Gasteiger partial charge in [0.25, 0.3) is 0 Å². The molecule has 2 aliphatic rings. The quantitative estimate of drug-likeness (QED) is 0.780. The first-order valence-electron chi connectivity index (χ1n) is 6.96. The highest BCUT2D eigenvalue weighted by atomic mass is 79.9. The lowest BCUT2D eigenvalue weighted by molar-refractivity contribution is 0.0901. The molecule has 0 amide bonds. The molecule has 4 nitrogen and oxygen atoms in total.